The summed E-state index contributed by atoms with van der Waals surface area (Å²) in [6.07, 6.45) is -5.71. The molecule has 0 fully saturated rings. The molecule has 0 spiro atoms. The van der Waals surface area contributed by atoms with Gasteiger partial charge in [0.05, 0.1) is 12.0 Å². The molecule has 9 heteroatoms. The summed E-state index contributed by atoms with van der Waals surface area (Å²) >= 11 is 17.6. The van der Waals surface area contributed by atoms with Crippen molar-refractivity contribution in [2.24, 2.45) is 0 Å². The Morgan fingerprint density at radius 1 is 1.00 bits per heavy atom. The zero-order chi connectivity index (χ0) is 19.4. The number of anilines is 1. The topological polar surface area (TPSA) is 41.1 Å². The van der Waals surface area contributed by atoms with Gasteiger partial charge in [0.15, 0.2) is 0 Å². The molecule has 1 unspecified atom stereocenters. The lowest BCUT2D eigenvalue weighted by molar-refractivity contribution is -0.137. The Morgan fingerprint density at radius 3 is 2.23 bits per heavy atom. The lowest BCUT2D eigenvalue weighted by Crippen LogP contribution is -2.49. The van der Waals surface area contributed by atoms with Crippen LogP contribution in [0.1, 0.15) is 11.1 Å². The fourth-order valence-corrected chi connectivity index (χ4v) is 2.47. The molecule has 26 heavy (non-hydrogen) atoms. The number of carbonyl (C=O) groups is 1. The van der Waals surface area contributed by atoms with Gasteiger partial charge in [0.25, 0.3) is 0 Å². The number of halogens is 6. The van der Waals surface area contributed by atoms with Gasteiger partial charge in [0, 0.05) is 5.69 Å². The number of carbonyl (C=O) groups excluding carboxylic acids is 1. The molecule has 0 radical (unpaired) electrons. The lowest BCUT2D eigenvalue weighted by Gasteiger charge is -2.27. The molecule has 140 valence electrons. The molecule has 3 nitrogen and oxygen atoms in total. The highest BCUT2D eigenvalue weighted by Gasteiger charge is 2.35. The fourth-order valence-electron chi connectivity index (χ4n) is 2.14. The van der Waals surface area contributed by atoms with E-state index in [1.165, 1.54) is 12.1 Å². The van der Waals surface area contributed by atoms with Crippen molar-refractivity contribution in [2.45, 2.75) is 22.6 Å². The summed E-state index contributed by atoms with van der Waals surface area (Å²) < 4.78 is 36.5. The summed E-state index contributed by atoms with van der Waals surface area (Å²) in [6, 6.07) is 13.2. The van der Waals surface area contributed by atoms with Crippen LogP contribution in [0.5, 0.6) is 0 Å². The van der Waals surface area contributed by atoms with E-state index in [0.717, 1.165) is 17.7 Å². The van der Waals surface area contributed by atoms with Gasteiger partial charge in [-0.25, -0.2) is 0 Å². The summed E-state index contributed by atoms with van der Waals surface area (Å²) in [6.45, 7) is 0. The number of rotatable bonds is 5. The Hall–Kier alpha value is -1.63. The lowest BCUT2D eigenvalue weighted by atomic mass is 10.1. The number of nitrogens with one attached hydrogen (secondary N) is 2. The van der Waals surface area contributed by atoms with Crippen molar-refractivity contribution in [3.05, 3.63) is 65.7 Å². The molecule has 0 heterocycles. The van der Waals surface area contributed by atoms with Crippen molar-refractivity contribution >= 4 is 46.4 Å². The maximum Gasteiger partial charge on any atom is 0.416 e. The van der Waals surface area contributed by atoms with E-state index >= 15 is 0 Å². The van der Waals surface area contributed by atoms with Crippen LogP contribution < -0.4 is 10.6 Å². The summed E-state index contributed by atoms with van der Waals surface area (Å²) in [5.41, 5.74) is -0.0653. The maximum absolute atomic E-state index is 12.8. The number of hydrogen-bond donors (Lipinski definition) is 2. The Bertz CT molecular complexity index is 749. The van der Waals surface area contributed by atoms with Crippen LogP contribution in [0.4, 0.5) is 18.9 Å². The second-order valence-electron chi connectivity index (χ2n) is 5.43. The molecule has 0 bridgehead atoms. The molecule has 2 N–H and O–H groups in total. The molecule has 0 aromatic heterocycles. The van der Waals surface area contributed by atoms with Gasteiger partial charge < -0.3 is 10.6 Å². The van der Waals surface area contributed by atoms with Gasteiger partial charge in [-0.3, -0.25) is 4.79 Å². The molecule has 2 aromatic rings. The van der Waals surface area contributed by atoms with Gasteiger partial charge in [0.2, 0.25) is 9.70 Å². The van der Waals surface area contributed by atoms with E-state index in [9.17, 15) is 18.0 Å². The van der Waals surface area contributed by atoms with Crippen molar-refractivity contribution in [1.29, 1.82) is 0 Å². The monoisotopic (exact) mass is 424 g/mol. The molecule has 1 amide bonds. The molecule has 2 aromatic carbocycles. The zero-order valence-electron chi connectivity index (χ0n) is 13.2. The van der Waals surface area contributed by atoms with Crippen molar-refractivity contribution in [3.8, 4) is 0 Å². The van der Waals surface area contributed by atoms with Gasteiger partial charge in [-0.1, -0.05) is 71.2 Å². The first kappa shape index (κ1) is 20.7. The first-order valence-electron chi connectivity index (χ1n) is 7.39. The first-order chi connectivity index (χ1) is 12.1. The number of alkyl halides is 6. The van der Waals surface area contributed by atoms with E-state index < -0.39 is 27.6 Å². The maximum atomic E-state index is 12.8. The molecule has 0 saturated carbocycles. The Labute approximate surface area is 163 Å². The number of benzene rings is 2. The third-order valence-corrected chi connectivity index (χ3v) is 4.00. The van der Waals surface area contributed by atoms with Crippen molar-refractivity contribution < 1.29 is 18.0 Å². The minimum absolute atomic E-state index is 0.0301. The fraction of sp³-hybridized carbons (Fsp3) is 0.235. The van der Waals surface area contributed by atoms with Crippen LogP contribution >= 0.6 is 34.8 Å². The summed E-state index contributed by atoms with van der Waals surface area (Å²) in [4.78, 5) is 12.2. The molecular formula is C17H14Cl3F3N2O. The van der Waals surface area contributed by atoms with Gasteiger partial charge in [0.1, 0.15) is 6.17 Å². The Balaban J connectivity index is 2.12. The average molecular weight is 426 g/mol. The van der Waals surface area contributed by atoms with Gasteiger partial charge in [-0.2, -0.15) is 13.2 Å². The molecule has 0 saturated heterocycles. The highest BCUT2D eigenvalue weighted by molar-refractivity contribution is 6.68. The zero-order valence-corrected chi connectivity index (χ0v) is 15.4. The van der Waals surface area contributed by atoms with E-state index in [1.54, 1.807) is 30.3 Å². The molecule has 0 aliphatic rings. The van der Waals surface area contributed by atoms with E-state index in [0.29, 0.717) is 0 Å². The summed E-state index contributed by atoms with van der Waals surface area (Å²) in [7, 11) is 0. The quantitative estimate of drug-likeness (QED) is 0.512. The Morgan fingerprint density at radius 2 is 1.65 bits per heavy atom. The highest BCUT2D eigenvalue weighted by Crippen LogP contribution is 2.33. The second kappa shape index (κ2) is 8.37. The van der Waals surface area contributed by atoms with Crippen LogP contribution in [0.3, 0.4) is 0 Å². The third-order valence-electron chi connectivity index (χ3n) is 3.34. The third kappa shape index (κ3) is 6.27. The van der Waals surface area contributed by atoms with Gasteiger partial charge >= 0.3 is 6.18 Å². The predicted octanol–water partition coefficient (Wildman–Crippen LogP) is 5.17. The molecule has 1 atom stereocenters. The molecule has 0 aliphatic heterocycles. The van der Waals surface area contributed by atoms with Gasteiger partial charge in [-0.15, -0.1) is 0 Å². The van der Waals surface area contributed by atoms with Crippen LogP contribution in [-0.2, 0) is 17.4 Å². The van der Waals surface area contributed by atoms with Crippen LogP contribution in [-0.4, -0.2) is 15.9 Å². The number of hydrogen-bond acceptors (Lipinski definition) is 2. The Kier molecular flexibility index (Phi) is 6.66. The molecule has 2 rings (SSSR count). The molecule has 0 aliphatic carbocycles. The van der Waals surface area contributed by atoms with Crippen LogP contribution in [0.2, 0.25) is 0 Å². The standard InChI is InChI=1S/C17H14Cl3F3N2O/c18-16(19,20)15(25-14(26)9-11-5-2-1-3-6-11)24-13-8-4-7-12(10-13)17(21,22)23/h1-8,10,15,24H,9H2,(H,25,26). The minimum Gasteiger partial charge on any atom is -0.362 e. The largest absolute Gasteiger partial charge is 0.416 e. The smallest absolute Gasteiger partial charge is 0.362 e. The van der Waals surface area contributed by atoms with E-state index in [4.69, 9.17) is 34.8 Å². The van der Waals surface area contributed by atoms with Crippen LogP contribution in [0.25, 0.3) is 0 Å². The number of amides is 1. The van der Waals surface area contributed by atoms with Crippen molar-refractivity contribution in [1.82, 2.24) is 5.32 Å². The van der Waals surface area contributed by atoms with Gasteiger partial charge in [-0.05, 0) is 23.8 Å². The van der Waals surface area contributed by atoms with E-state index in [1.807, 2.05) is 0 Å². The van der Waals surface area contributed by atoms with E-state index in [2.05, 4.69) is 10.6 Å². The highest BCUT2D eigenvalue weighted by atomic mass is 35.6. The van der Waals surface area contributed by atoms with Crippen LogP contribution in [0, 0.1) is 0 Å². The molecular weight excluding hydrogens is 412 g/mol. The normalized spacial score (nSPS) is 13.2. The SMILES string of the molecule is O=C(Cc1ccccc1)NC(Nc1cccc(C(F)(F)F)c1)C(Cl)(Cl)Cl. The van der Waals surface area contributed by atoms with Crippen molar-refractivity contribution in [2.75, 3.05) is 5.32 Å². The predicted molar refractivity (Wildman–Crippen MR) is 97.4 cm³/mol. The van der Waals surface area contributed by atoms with Crippen LogP contribution in [0.15, 0.2) is 54.6 Å². The first-order valence-corrected chi connectivity index (χ1v) is 8.53. The summed E-state index contributed by atoms with van der Waals surface area (Å²) in [5, 5.41) is 5.11. The van der Waals surface area contributed by atoms with Crippen molar-refractivity contribution in [3.63, 3.8) is 0 Å². The minimum atomic E-state index is -4.51. The second-order valence-corrected chi connectivity index (χ2v) is 7.80. The van der Waals surface area contributed by atoms with E-state index in [-0.39, 0.29) is 12.1 Å². The average Bonchev–Trinajstić information content (AvgIpc) is 2.54. The summed E-state index contributed by atoms with van der Waals surface area (Å²) in [5.74, 6) is -0.452.